The Bertz CT molecular complexity index is 915. The molecule has 1 aliphatic heterocycles. The summed E-state index contributed by atoms with van der Waals surface area (Å²) < 4.78 is 13.1. The van der Waals surface area contributed by atoms with Crippen molar-refractivity contribution in [1.29, 1.82) is 0 Å². The van der Waals surface area contributed by atoms with E-state index in [4.69, 9.17) is 0 Å². The molecule has 4 heteroatoms. The highest BCUT2D eigenvalue weighted by molar-refractivity contribution is 5.79. The van der Waals surface area contributed by atoms with Gasteiger partial charge in [-0.15, -0.1) is 0 Å². The van der Waals surface area contributed by atoms with Gasteiger partial charge in [0, 0.05) is 31.9 Å². The molecule has 142 valence electrons. The van der Waals surface area contributed by atoms with Gasteiger partial charge < -0.3 is 9.80 Å². The van der Waals surface area contributed by atoms with Crippen LogP contribution in [0.1, 0.15) is 5.56 Å². The van der Waals surface area contributed by atoms with E-state index in [2.05, 4.69) is 29.2 Å². The van der Waals surface area contributed by atoms with Crippen molar-refractivity contribution in [3.8, 4) is 11.1 Å². The summed E-state index contributed by atoms with van der Waals surface area (Å²) in [6.45, 7) is 2.92. The van der Waals surface area contributed by atoms with E-state index in [0.29, 0.717) is 19.5 Å². The minimum atomic E-state index is -0.226. The topological polar surface area (TPSA) is 23.6 Å². The Morgan fingerprint density at radius 1 is 0.750 bits per heavy atom. The van der Waals surface area contributed by atoms with Crippen molar-refractivity contribution < 1.29 is 9.18 Å². The number of piperazine rings is 1. The zero-order chi connectivity index (χ0) is 19.3. The van der Waals surface area contributed by atoms with Crippen molar-refractivity contribution in [2.75, 3.05) is 31.1 Å². The maximum atomic E-state index is 13.1. The zero-order valence-electron chi connectivity index (χ0n) is 15.7. The number of nitrogens with zero attached hydrogens (tertiary/aromatic N) is 2. The van der Waals surface area contributed by atoms with Crippen LogP contribution >= 0.6 is 0 Å². The molecule has 0 spiro atoms. The van der Waals surface area contributed by atoms with E-state index in [9.17, 15) is 9.18 Å². The van der Waals surface area contributed by atoms with Gasteiger partial charge in [0.05, 0.1) is 6.42 Å². The van der Waals surface area contributed by atoms with Gasteiger partial charge in [0.1, 0.15) is 5.82 Å². The van der Waals surface area contributed by atoms with Gasteiger partial charge in [0.2, 0.25) is 5.91 Å². The second-order valence-corrected chi connectivity index (χ2v) is 7.08. The van der Waals surface area contributed by atoms with Crippen LogP contribution in [-0.4, -0.2) is 37.0 Å². The van der Waals surface area contributed by atoms with Gasteiger partial charge in [-0.25, -0.2) is 4.39 Å². The summed E-state index contributed by atoms with van der Waals surface area (Å²) in [5, 5.41) is 0. The molecule has 4 rings (SSSR count). The van der Waals surface area contributed by atoms with Gasteiger partial charge in [-0.1, -0.05) is 54.6 Å². The lowest BCUT2D eigenvalue weighted by Gasteiger charge is -2.36. The Morgan fingerprint density at radius 3 is 2.00 bits per heavy atom. The molecule has 0 radical (unpaired) electrons. The quantitative estimate of drug-likeness (QED) is 0.676. The molecule has 3 aromatic carbocycles. The molecule has 0 aliphatic carbocycles. The van der Waals surface area contributed by atoms with E-state index in [0.717, 1.165) is 29.9 Å². The van der Waals surface area contributed by atoms with Crippen molar-refractivity contribution in [2.45, 2.75) is 6.42 Å². The average Bonchev–Trinajstić information content (AvgIpc) is 2.75. The number of benzene rings is 3. The first-order chi connectivity index (χ1) is 13.7. The van der Waals surface area contributed by atoms with Crippen molar-refractivity contribution in [2.24, 2.45) is 0 Å². The third-order valence-electron chi connectivity index (χ3n) is 5.24. The van der Waals surface area contributed by atoms with E-state index < -0.39 is 0 Å². The number of hydrogen-bond donors (Lipinski definition) is 0. The predicted molar refractivity (Wildman–Crippen MR) is 111 cm³/mol. The van der Waals surface area contributed by atoms with Crippen LogP contribution in [0.15, 0.2) is 78.9 Å². The molecular weight excluding hydrogens is 351 g/mol. The SMILES string of the molecule is O=C(Cc1ccc(-c2ccccc2)cc1)N1CCN(c2ccc(F)cc2)CC1. The second-order valence-electron chi connectivity index (χ2n) is 7.08. The fraction of sp³-hybridized carbons (Fsp3) is 0.208. The number of carbonyl (C=O) groups is 1. The number of halogens is 1. The standard InChI is InChI=1S/C24H23FN2O/c25-22-10-12-23(13-11-22)26-14-16-27(17-15-26)24(28)18-19-6-8-21(9-7-19)20-4-2-1-3-5-20/h1-13H,14-18H2. The van der Waals surface area contributed by atoms with Gasteiger partial charge in [0.15, 0.2) is 0 Å². The van der Waals surface area contributed by atoms with Gasteiger partial charge in [0.25, 0.3) is 0 Å². The second kappa shape index (κ2) is 8.26. The summed E-state index contributed by atoms with van der Waals surface area (Å²) in [5.41, 5.74) is 4.37. The number of rotatable bonds is 4. The fourth-order valence-electron chi connectivity index (χ4n) is 3.60. The number of hydrogen-bond acceptors (Lipinski definition) is 2. The maximum absolute atomic E-state index is 13.1. The summed E-state index contributed by atoms with van der Waals surface area (Å²) >= 11 is 0. The van der Waals surface area contributed by atoms with E-state index in [1.165, 1.54) is 17.7 Å². The molecule has 0 atom stereocenters. The molecule has 1 aliphatic rings. The summed E-state index contributed by atoms with van der Waals surface area (Å²) in [4.78, 5) is 16.8. The van der Waals surface area contributed by atoms with E-state index in [-0.39, 0.29) is 11.7 Å². The molecule has 0 unspecified atom stereocenters. The number of anilines is 1. The number of amides is 1. The monoisotopic (exact) mass is 374 g/mol. The molecule has 1 fully saturated rings. The normalized spacial score (nSPS) is 14.2. The Hall–Kier alpha value is -3.14. The largest absolute Gasteiger partial charge is 0.368 e. The van der Waals surface area contributed by atoms with Crippen molar-refractivity contribution >= 4 is 11.6 Å². The van der Waals surface area contributed by atoms with Crippen LogP contribution in [0.25, 0.3) is 11.1 Å². The minimum Gasteiger partial charge on any atom is -0.368 e. The molecular formula is C24H23FN2O. The summed E-state index contributed by atoms with van der Waals surface area (Å²) in [6, 6.07) is 25.0. The molecule has 3 nitrogen and oxygen atoms in total. The van der Waals surface area contributed by atoms with Crippen LogP contribution in [0.5, 0.6) is 0 Å². The molecule has 1 heterocycles. The van der Waals surface area contributed by atoms with E-state index >= 15 is 0 Å². The molecule has 3 aromatic rings. The average molecular weight is 374 g/mol. The summed E-state index contributed by atoms with van der Waals surface area (Å²) in [5.74, 6) is -0.0675. The molecule has 0 saturated carbocycles. The van der Waals surface area contributed by atoms with Crippen molar-refractivity contribution in [3.63, 3.8) is 0 Å². The molecule has 1 saturated heterocycles. The Balaban J connectivity index is 1.32. The lowest BCUT2D eigenvalue weighted by atomic mass is 10.0. The molecule has 1 amide bonds. The lowest BCUT2D eigenvalue weighted by molar-refractivity contribution is -0.130. The predicted octanol–water partition coefficient (Wildman–Crippen LogP) is 4.38. The van der Waals surface area contributed by atoms with Gasteiger partial charge in [-0.05, 0) is 41.0 Å². The summed E-state index contributed by atoms with van der Waals surface area (Å²) in [6.07, 6.45) is 0.422. The molecule has 0 N–H and O–H groups in total. The zero-order valence-corrected chi connectivity index (χ0v) is 15.7. The van der Waals surface area contributed by atoms with Crippen LogP contribution in [0.4, 0.5) is 10.1 Å². The maximum Gasteiger partial charge on any atom is 0.227 e. The highest BCUT2D eigenvalue weighted by Gasteiger charge is 2.21. The molecule has 0 aromatic heterocycles. The third-order valence-corrected chi connectivity index (χ3v) is 5.24. The molecule has 28 heavy (non-hydrogen) atoms. The highest BCUT2D eigenvalue weighted by atomic mass is 19.1. The molecule has 0 bridgehead atoms. The fourth-order valence-corrected chi connectivity index (χ4v) is 3.60. The van der Waals surface area contributed by atoms with E-state index in [1.807, 2.05) is 35.2 Å². The first-order valence-electron chi connectivity index (χ1n) is 9.62. The van der Waals surface area contributed by atoms with Crippen LogP contribution in [0.3, 0.4) is 0 Å². The minimum absolute atomic E-state index is 0.159. The van der Waals surface area contributed by atoms with Gasteiger partial charge >= 0.3 is 0 Å². The first kappa shape index (κ1) is 18.2. The van der Waals surface area contributed by atoms with Crippen LogP contribution in [0, 0.1) is 5.82 Å². The lowest BCUT2D eigenvalue weighted by Crippen LogP contribution is -2.49. The van der Waals surface area contributed by atoms with Crippen LogP contribution < -0.4 is 4.90 Å². The smallest absolute Gasteiger partial charge is 0.227 e. The summed E-state index contributed by atoms with van der Waals surface area (Å²) in [7, 11) is 0. The van der Waals surface area contributed by atoms with Crippen molar-refractivity contribution in [3.05, 3.63) is 90.2 Å². The highest BCUT2D eigenvalue weighted by Crippen LogP contribution is 2.20. The van der Waals surface area contributed by atoms with Crippen LogP contribution in [-0.2, 0) is 11.2 Å². The first-order valence-corrected chi connectivity index (χ1v) is 9.62. The van der Waals surface area contributed by atoms with Gasteiger partial charge in [-0.2, -0.15) is 0 Å². The third kappa shape index (κ3) is 4.22. The Labute approximate surface area is 165 Å². The Kier molecular flexibility index (Phi) is 5.38. The van der Waals surface area contributed by atoms with Crippen LogP contribution in [0.2, 0.25) is 0 Å². The van der Waals surface area contributed by atoms with E-state index in [1.54, 1.807) is 12.1 Å². The number of carbonyl (C=O) groups excluding carboxylic acids is 1. The Morgan fingerprint density at radius 2 is 1.36 bits per heavy atom. The van der Waals surface area contributed by atoms with Crippen molar-refractivity contribution in [1.82, 2.24) is 4.90 Å². The van der Waals surface area contributed by atoms with Gasteiger partial charge in [-0.3, -0.25) is 4.79 Å².